The van der Waals surface area contributed by atoms with E-state index in [0.717, 1.165) is 5.92 Å². The standard InChI is InChI=1S/C16H27N3/c1-2-14-3-5-16(6-4-14)19-12-15(13-19)11-18-9-7-17-8-10-18/h3,5,15,17H,2,4,6-13H2,1H3. The van der Waals surface area contributed by atoms with Crippen molar-refractivity contribution in [3.63, 3.8) is 0 Å². The molecule has 1 N–H and O–H groups in total. The van der Waals surface area contributed by atoms with Gasteiger partial charge in [0.25, 0.3) is 0 Å². The van der Waals surface area contributed by atoms with Crippen LogP contribution < -0.4 is 5.32 Å². The molecule has 106 valence electrons. The molecule has 3 heteroatoms. The third kappa shape index (κ3) is 3.21. The summed E-state index contributed by atoms with van der Waals surface area (Å²) in [5.41, 5.74) is 3.19. The van der Waals surface area contributed by atoms with Crippen molar-refractivity contribution in [3.05, 3.63) is 23.4 Å². The number of nitrogens with one attached hydrogen (secondary N) is 1. The molecule has 0 saturated carbocycles. The van der Waals surface area contributed by atoms with Gasteiger partial charge in [-0.1, -0.05) is 18.6 Å². The van der Waals surface area contributed by atoms with E-state index in [4.69, 9.17) is 0 Å². The second-order valence-electron chi connectivity index (χ2n) is 6.16. The Labute approximate surface area is 117 Å². The van der Waals surface area contributed by atoms with E-state index in [0.29, 0.717) is 0 Å². The van der Waals surface area contributed by atoms with Gasteiger partial charge in [0, 0.05) is 57.4 Å². The van der Waals surface area contributed by atoms with Gasteiger partial charge in [0.15, 0.2) is 0 Å². The van der Waals surface area contributed by atoms with Crippen LogP contribution >= 0.6 is 0 Å². The quantitative estimate of drug-likeness (QED) is 0.833. The van der Waals surface area contributed by atoms with E-state index in [2.05, 4.69) is 34.2 Å². The normalized spacial score (nSPS) is 25.8. The van der Waals surface area contributed by atoms with E-state index < -0.39 is 0 Å². The van der Waals surface area contributed by atoms with Gasteiger partial charge >= 0.3 is 0 Å². The fourth-order valence-electron chi connectivity index (χ4n) is 3.41. The minimum Gasteiger partial charge on any atom is -0.374 e. The topological polar surface area (TPSA) is 18.5 Å². The predicted octanol–water partition coefficient (Wildman–Crippen LogP) is 1.84. The van der Waals surface area contributed by atoms with Crippen molar-refractivity contribution < 1.29 is 0 Å². The summed E-state index contributed by atoms with van der Waals surface area (Å²) in [6.07, 6.45) is 8.47. The summed E-state index contributed by atoms with van der Waals surface area (Å²) in [6, 6.07) is 0. The first kappa shape index (κ1) is 13.2. The molecular formula is C16H27N3. The molecule has 0 aromatic rings. The molecule has 0 spiro atoms. The van der Waals surface area contributed by atoms with Crippen LogP contribution in [0.25, 0.3) is 0 Å². The first-order valence-corrected chi connectivity index (χ1v) is 7.92. The maximum Gasteiger partial charge on any atom is 0.0232 e. The molecule has 3 rings (SSSR count). The Balaban J connectivity index is 1.43. The molecule has 2 fully saturated rings. The number of hydrogen-bond donors (Lipinski definition) is 1. The van der Waals surface area contributed by atoms with E-state index in [9.17, 15) is 0 Å². The zero-order valence-electron chi connectivity index (χ0n) is 12.2. The highest BCUT2D eigenvalue weighted by molar-refractivity contribution is 5.24. The lowest BCUT2D eigenvalue weighted by Crippen LogP contribution is -2.53. The maximum atomic E-state index is 3.43. The highest BCUT2D eigenvalue weighted by Gasteiger charge is 2.30. The van der Waals surface area contributed by atoms with Crippen molar-refractivity contribution in [2.45, 2.75) is 26.2 Å². The van der Waals surface area contributed by atoms with Crippen LogP contribution in [0.5, 0.6) is 0 Å². The first-order valence-electron chi connectivity index (χ1n) is 7.92. The number of rotatable bonds is 4. The van der Waals surface area contributed by atoms with Crippen LogP contribution in [-0.2, 0) is 0 Å². The molecular weight excluding hydrogens is 234 g/mol. The summed E-state index contributed by atoms with van der Waals surface area (Å²) in [5.74, 6) is 0.899. The van der Waals surface area contributed by atoms with E-state index >= 15 is 0 Å². The fourth-order valence-corrected chi connectivity index (χ4v) is 3.41. The van der Waals surface area contributed by atoms with Crippen molar-refractivity contribution in [3.8, 4) is 0 Å². The largest absolute Gasteiger partial charge is 0.374 e. The average Bonchev–Trinajstić information content (AvgIpc) is 2.44. The number of allylic oxidation sites excluding steroid dienone is 4. The SMILES string of the molecule is CCC1=CC=C(N2CC(CN3CCNCC3)C2)CC1. The minimum absolute atomic E-state index is 0.899. The summed E-state index contributed by atoms with van der Waals surface area (Å²) < 4.78 is 0. The molecule has 2 heterocycles. The summed E-state index contributed by atoms with van der Waals surface area (Å²) in [4.78, 5) is 5.22. The summed E-state index contributed by atoms with van der Waals surface area (Å²) in [7, 11) is 0. The Bertz CT molecular complexity index is 360. The third-order valence-electron chi connectivity index (χ3n) is 4.76. The van der Waals surface area contributed by atoms with Crippen LogP contribution in [0.15, 0.2) is 23.4 Å². The Hall–Kier alpha value is -0.800. The highest BCUT2D eigenvalue weighted by Crippen LogP contribution is 2.29. The van der Waals surface area contributed by atoms with Crippen molar-refractivity contribution in [1.82, 2.24) is 15.1 Å². The van der Waals surface area contributed by atoms with Gasteiger partial charge in [-0.3, -0.25) is 0 Å². The van der Waals surface area contributed by atoms with E-state index in [1.165, 1.54) is 65.1 Å². The second kappa shape index (κ2) is 6.10. The highest BCUT2D eigenvalue weighted by atomic mass is 15.2. The Kier molecular flexibility index (Phi) is 4.24. The summed E-state index contributed by atoms with van der Waals surface area (Å²) in [5, 5.41) is 3.43. The molecule has 19 heavy (non-hydrogen) atoms. The predicted molar refractivity (Wildman–Crippen MR) is 80.1 cm³/mol. The van der Waals surface area contributed by atoms with Gasteiger partial charge in [-0.05, 0) is 25.3 Å². The zero-order valence-corrected chi connectivity index (χ0v) is 12.2. The van der Waals surface area contributed by atoms with E-state index in [-0.39, 0.29) is 0 Å². The van der Waals surface area contributed by atoms with Crippen LogP contribution in [0, 0.1) is 5.92 Å². The zero-order chi connectivity index (χ0) is 13.1. The van der Waals surface area contributed by atoms with Gasteiger partial charge in [0.1, 0.15) is 0 Å². The maximum absolute atomic E-state index is 3.43. The van der Waals surface area contributed by atoms with Crippen molar-refractivity contribution in [1.29, 1.82) is 0 Å². The van der Waals surface area contributed by atoms with Crippen molar-refractivity contribution in [2.24, 2.45) is 5.92 Å². The fraction of sp³-hybridized carbons (Fsp3) is 0.750. The molecule has 1 aliphatic carbocycles. The summed E-state index contributed by atoms with van der Waals surface area (Å²) >= 11 is 0. The van der Waals surface area contributed by atoms with Gasteiger partial charge in [-0.25, -0.2) is 0 Å². The lowest BCUT2D eigenvalue weighted by molar-refractivity contribution is 0.0880. The molecule has 0 amide bonds. The average molecular weight is 261 g/mol. The van der Waals surface area contributed by atoms with Gasteiger partial charge < -0.3 is 15.1 Å². The lowest BCUT2D eigenvalue weighted by atomic mass is 9.93. The molecule has 3 nitrogen and oxygen atoms in total. The molecule has 0 bridgehead atoms. The van der Waals surface area contributed by atoms with E-state index in [1.54, 1.807) is 11.3 Å². The number of piperazine rings is 1. The van der Waals surface area contributed by atoms with Crippen LogP contribution in [0.4, 0.5) is 0 Å². The molecule has 2 saturated heterocycles. The Morgan fingerprint density at radius 3 is 2.58 bits per heavy atom. The molecule has 3 aliphatic rings. The van der Waals surface area contributed by atoms with Gasteiger partial charge in [0.2, 0.25) is 0 Å². The second-order valence-corrected chi connectivity index (χ2v) is 6.16. The summed E-state index contributed by atoms with van der Waals surface area (Å²) in [6.45, 7) is 11.0. The van der Waals surface area contributed by atoms with Gasteiger partial charge in [-0.2, -0.15) is 0 Å². The Morgan fingerprint density at radius 2 is 1.95 bits per heavy atom. The van der Waals surface area contributed by atoms with Gasteiger partial charge in [0.05, 0.1) is 0 Å². The minimum atomic E-state index is 0.899. The molecule has 0 aromatic carbocycles. The number of nitrogens with zero attached hydrogens (tertiary/aromatic N) is 2. The monoisotopic (exact) mass is 261 g/mol. The van der Waals surface area contributed by atoms with Crippen LogP contribution in [0.2, 0.25) is 0 Å². The molecule has 2 aliphatic heterocycles. The van der Waals surface area contributed by atoms with Gasteiger partial charge in [-0.15, -0.1) is 0 Å². The molecule has 0 unspecified atom stereocenters. The van der Waals surface area contributed by atoms with Crippen molar-refractivity contribution >= 4 is 0 Å². The third-order valence-corrected chi connectivity index (χ3v) is 4.76. The molecule has 0 aromatic heterocycles. The smallest absolute Gasteiger partial charge is 0.0232 e. The van der Waals surface area contributed by atoms with Crippen LogP contribution in [-0.4, -0.2) is 55.6 Å². The number of likely N-dealkylation sites (tertiary alicyclic amines) is 1. The number of hydrogen-bond acceptors (Lipinski definition) is 3. The molecule has 0 radical (unpaired) electrons. The Morgan fingerprint density at radius 1 is 1.16 bits per heavy atom. The van der Waals surface area contributed by atoms with Crippen LogP contribution in [0.1, 0.15) is 26.2 Å². The van der Waals surface area contributed by atoms with Crippen molar-refractivity contribution in [2.75, 3.05) is 45.8 Å². The molecule has 0 atom stereocenters. The van der Waals surface area contributed by atoms with E-state index in [1.807, 2.05) is 0 Å². The van der Waals surface area contributed by atoms with Crippen LogP contribution in [0.3, 0.4) is 0 Å². The first-order chi connectivity index (χ1) is 9.35. The lowest BCUT2D eigenvalue weighted by Gasteiger charge is -2.45.